The third kappa shape index (κ3) is 3.69. The van der Waals surface area contributed by atoms with Crippen molar-refractivity contribution >= 4 is 17.8 Å². The molecule has 0 fully saturated rings. The van der Waals surface area contributed by atoms with Crippen molar-refractivity contribution in [1.82, 2.24) is 0 Å². The lowest BCUT2D eigenvalue weighted by molar-refractivity contribution is -0.384. The van der Waals surface area contributed by atoms with Gasteiger partial charge in [0, 0.05) is 17.7 Å². The predicted octanol–water partition coefficient (Wildman–Crippen LogP) is 6.90. The molecule has 5 rings (SSSR count). The van der Waals surface area contributed by atoms with Crippen LogP contribution in [0.25, 0.3) is 34.2 Å². The molecule has 0 aliphatic rings. The van der Waals surface area contributed by atoms with E-state index < -0.39 is 4.92 Å². The fourth-order valence-corrected chi connectivity index (χ4v) is 3.53. The van der Waals surface area contributed by atoms with Gasteiger partial charge in [-0.25, -0.2) is 4.99 Å². The molecular weight excluding hydrogens is 438 g/mol. The molecule has 0 N–H and O–H groups in total. The Kier molecular flexibility index (Phi) is 5.16. The average molecular weight is 453 g/mol. The molecule has 1 aromatic carbocycles. The van der Waals surface area contributed by atoms with Crippen LogP contribution < -0.4 is 0 Å². The number of nitro benzene ring substituents is 1. The van der Waals surface area contributed by atoms with Gasteiger partial charge in [0.15, 0.2) is 11.5 Å². The summed E-state index contributed by atoms with van der Waals surface area (Å²) in [5.74, 6) is 2.07. The number of nitriles is 1. The van der Waals surface area contributed by atoms with E-state index in [0.29, 0.717) is 39.9 Å². The third-order valence-corrected chi connectivity index (χ3v) is 5.15. The van der Waals surface area contributed by atoms with E-state index in [4.69, 9.17) is 17.7 Å². The van der Waals surface area contributed by atoms with Crippen LogP contribution in [-0.4, -0.2) is 11.1 Å². The van der Waals surface area contributed by atoms with Crippen molar-refractivity contribution in [3.05, 3.63) is 94.1 Å². The molecule has 166 valence electrons. The van der Waals surface area contributed by atoms with Gasteiger partial charge in [-0.15, -0.1) is 0 Å². The number of furan rings is 4. The SMILES string of the molecule is Cc1ccc([N+](=O)[O-])cc1-c1ccc(C=Nc2oc(-c3ccco3)c(-c3ccco3)c2C#N)o1. The quantitative estimate of drug-likeness (QED) is 0.155. The summed E-state index contributed by atoms with van der Waals surface area (Å²) in [6.45, 7) is 1.84. The van der Waals surface area contributed by atoms with Gasteiger partial charge in [0.1, 0.15) is 28.9 Å². The highest BCUT2D eigenvalue weighted by atomic mass is 16.6. The van der Waals surface area contributed by atoms with E-state index >= 15 is 0 Å². The zero-order valence-corrected chi connectivity index (χ0v) is 17.7. The molecule has 5 aromatic rings. The van der Waals surface area contributed by atoms with Crippen molar-refractivity contribution in [2.45, 2.75) is 6.92 Å². The largest absolute Gasteiger partial charge is 0.464 e. The highest BCUT2D eigenvalue weighted by Crippen LogP contribution is 2.42. The van der Waals surface area contributed by atoms with Crippen molar-refractivity contribution in [2.75, 3.05) is 0 Å². The summed E-state index contributed by atoms with van der Waals surface area (Å²) in [6, 6.07) is 16.9. The van der Waals surface area contributed by atoms with E-state index in [9.17, 15) is 15.4 Å². The molecular formula is C25H15N3O6. The van der Waals surface area contributed by atoms with E-state index in [2.05, 4.69) is 11.1 Å². The van der Waals surface area contributed by atoms with Crippen LogP contribution in [0.15, 0.2) is 89.8 Å². The molecule has 0 amide bonds. The summed E-state index contributed by atoms with van der Waals surface area (Å²) in [4.78, 5) is 15.0. The maximum atomic E-state index is 11.1. The van der Waals surface area contributed by atoms with Crippen molar-refractivity contribution in [3.63, 3.8) is 0 Å². The minimum absolute atomic E-state index is 0.0302. The molecule has 0 bridgehead atoms. The predicted molar refractivity (Wildman–Crippen MR) is 122 cm³/mol. The number of aryl methyl sites for hydroxylation is 1. The first-order valence-electron chi connectivity index (χ1n) is 10.1. The van der Waals surface area contributed by atoms with Gasteiger partial charge >= 0.3 is 0 Å². The van der Waals surface area contributed by atoms with E-state index in [-0.39, 0.29) is 17.1 Å². The molecule has 4 aromatic heterocycles. The van der Waals surface area contributed by atoms with Gasteiger partial charge in [-0.2, -0.15) is 5.26 Å². The Hall–Kier alpha value is -5.10. The van der Waals surface area contributed by atoms with Crippen molar-refractivity contribution in [1.29, 1.82) is 5.26 Å². The van der Waals surface area contributed by atoms with Crippen LogP contribution in [0.1, 0.15) is 16.9 Å². The molecule has 0 radical (unpaired) electrons. The first-order valence-corrected chi connectivity index (χ1v) is 10.1. The molecule has 34 heavy (non-hydrogen) atoms. The Balaban J connectivity index is 1.53. The van der Waals surface area contributed by atoms with Crippen LogP contribution in [-0.2, 0) is 0 Å². The van der Waals surface area contributed by atoms with Crippen LogP contribution in [0.4, 0.5) is 11.6 Å². The standard InChI is InChI=1S/C25H15N3O6/c1-15-6-7-16(28(29)30)12-18(15)20-9-8-17(33-20)14-27-25-19(13-26)23(21-4-2-10-31-21)24(34-25)22-5-3-11-32-22/h2-12,14H,1H3. The fraction of sp³-hybridized carbons (Fsp3) is 0.0400. The number of hydrogen-bond donors (Lipinski definition) is 0. The van der Waals surface area contributed by atoms with Crippen molar-refractivity contribution in [3.8, 4) is 40.2 Å². The van der Waals surface area contributed by atoms with Crippen LogP contribution in [0.2, 0.25) is 0 Å². The Morgan fingerprint density at radius 2 is 1.76 bits per heavy atom. The highest BCUT2D eigenvalue weighted by Gasteiger charge is 2.26. The van der Waals surface area contributed by atoms with Gasteiger partial charge in [0.05, 0.1) is 29.2 Å². The second-order valence-corrected chi connectivity index (χ2v) is 7.27. The first kappa shape index (κ1) is 20.8. The van der Waals surface area contributed by atoms with Gasteiger partial charge in [-0.1, -0.05) is 6.07 Å². The van der Waals surface area contributed by atoms with Gasteiger partial charge in [-0.3, -0.25) is 10.1 Å². The van der Waals surface area contributed by atoms with Crippen LogP contribution in [0.5, 0.6) is 0 Å². The van der Waals surface area contributed by atoms with E-state index in [1.165, 1.54) is 30.9 Å². The smallest absolute Gasteiger partial charge is 0.270 e. The summed E-state index contributed by atoms with van der Waals surface area (Å²) in [6.07, 6.45) is 4.41. The maximum absolute atomic E-state index is 11.1. The highest BCUT2D eigenvalue weighted by molar-refractivity contribution is 5.87. The zero-order valence-electron chi connectivity index (χ0n) is 17.7. The number of benzene rings is 1. The molecule has 0 unspecified atom stereocenters. The number of nitro groups is 1. The summed E-state index contributed by atoms with van der Waals surface area (Å²) >= 11 is 0. The Morgan fingerprint density at radius 3 is 2.44 bits per heavy atom. The van der Waals surface area contributed by atoms with Gasteiger partial charge in [0.2, 0.25) is 5.88 Å². The monoisotopic (exact) mass is 453 g/mol. The minimum atomic E-state index is -0.457. The maximum Gasteiger partial charge on any atom is 0.270 e. The lowest BCUT2D eigenvalue weighted by Crippen LogP contribution is -1.90. The lowest BCUT2D eigenvalue weighted by Gasteiger charge is -2.02. The Bertz CT molecular complexity index is 1550. The number of hydrogen-bond acceptors (Lipinski definition) is 8. The summed E-state index contributed by atoms with van der Waals surface area (Å²) < 4.78 is 22.7. The van der Waals surface area contributed by atoms with Crippen LogP contribution in [0.3, 0.4) is 0 Å². The van der Waals surface area contributed by atoms with Gasteiger partial charge in [-0.05, 0) is 48.9 Å². The number of nitrogens with zero attached hydrogens (tertiary/aromatic N) is 3. The van der Waals surface area contributed by atoms with Crippen LogP contribution >= 0.6 is 0 Å². The Labute approximate surface area is 192 Å². The van der Waals surface area contributed by atoms with Crippen molar-refractivity contribution < 1.29 is 22.6 Å². The molecule has 0 saturated carbocycles. The molecule has 4 heterocycles. The molecule has 0 aliphatic heterocycles. The number of non-ortho nitro benzene ring substituents is 1. The fourth-order valence-electron chi connectivity index (χ4n) is 3.53. The first-order chi connectivity index (χ1) is 16.5. The molecule has 0 saturated heterocycles. The molecule has 0 atom stereocenters. The number of rotatable bonds is 6. The number of aliphatic imine (C=N–C) groups is 1. The molecule has 0 aliphatic carbocycles. The van der Waals surface area contributed by atoms with E-state index in [0.717, 1.165) is 5.56 Å². The second-order valence-electron chi connectivity index (χ2n) is 7.27. The van der Waals surface area contributed by atoms with E-state index in [1.807, 2.05) is 6.92 Å². The zero-order chi connectivity index (χ0) is 23.7. The Morgan fingerprint density at radius 1 is 1.00 bits per heavy atom. The molecule has 9 heteroatoms. The van der Waals surface area contributed by atoms with E-state index in [1.54, 1.807) is 42.5 Å². The lowest BCUT2D eigenvalue weighted by atomic mass is 10.1. The summed E-state index contributed by atoms with van der Waals surface area (Å²) in [5, 5.41) is 20.9. The second kappa shape index (κ2) is 8.44. The van der Waals surface area contributed by atoms with Gasteiger partial charge in [0.25, 0.3) is 5.69 Å². The minimum Gasteiger partial charge on any atom is -0.464 e. The molecule has 9 nitrogen and oxygen atoms in total. The topological polar surface area (TPSA) is 132 Å². The van der Waals surface area contributed by atoms with Crippen LogP contribution in [0, 0.1) is 28.4 Å². The average Bonchev–Trinajstić information content (AvgIpc) is 3.63. The van der Waals surface area contributed by atoms with Gasteiger partial charge < -0.3 is 17.7 Å². The normalized spacial score (nSPS) is 11.2. The van der Waals surface area contributed by atoms with Crippen molar-refractivity contribution in [2.24, 2.45) is 4.99 Å². The third-order valence-electron chi connectivity index (χ3n) is 5.15. The molecule has 0 spiro atoms. The summed E-state index contributed by atoms with van der Waals surface area (Å²) in [7, 11) is 0. The summed E-state index contributed by atoms with van der Waals surface area (Å²) in [5.41, 5.74) is 2.01.